The largest absolute Gasteiger partial charge is 0.508 e. The molecule has 11 unspecified atom stereocenters. The van der Waals surface area contributed by atoms with Crippen LogP contribution in [0.5, 0.6) is 0 Å². The lowest BCUT2D eigenvalue weighted by Gasteiger charge is -2.23. The number of hydrogen-bond donors (Lipinski definition) is 12. The quantitative estimate of drug-likeness (QED) is 0.0232. The van der Waals surface area contributed by atoms with E-state index in [0.29, 0.717) is 0 Å². The molecule has 0 spiro atoms. The lowest BCUT2D eigenvalue weighted by Crippen LogP contribution is -2.39. The topological polar surface area (TPSA) is 811 Å². The summed E-state index contributed by atoms with van der Waals surface area (Å²) in [5.41, 5.74) is -5.24. The second kappa shape index (κ2) is 87.1. The van der Waals surface area contributed by atoms with Crippen molar-refractivity contribution in [3.63, 3.8) is 0 Å². The number of esters is 4. The highest BCUT2D eigenvalue weighted by molar-refractivity contribution is 5.80. The van der Waals surface area contributed by atoms with E-state index in [4.69, 9.17) is 142 Å². The van der Waals surface area contributed by atoms with Crippen molar-refractivity contribution in [3.8, 4) is 0 Å². The van der Waals surface area contributed by atoms with E-state index in [-0.39, 0.29) is 218 Å². The molecule has 0 saturated carbocycles. The minimum absolute atomic E-state index is 0.119. The fourth-order valence-electron chi connectivity index (χ4n) is 7.05. The SMILES string of the molecule is CC(COC(=O)OCCO)OC(=O)OCCO.CC(O)COC(=O)C(C)(C)OCCOC(=O)OCC(C)OC(=O)OCCOC(C)(C)C(=O)OCC(C)O.CC(O)COC(=O)C(C)(C)OCCOC(=O)OCCOC(=O)OCCOC(C)(C)C(=O)OCC(C)O.CC(O)COC(=O)OCC(C)OC(=O)OCC(C)O.CC(O)COC(=O)OCCOC(=O)OCC(C)O.O=C(OCCO)OCCOC(=O)OCCO. The Kier molecular flexibility index (Phi) is 86.6. The monoisotopic (exact) mass is 2100 g/mol. The van der Waals surface area contributed by atoms with Crippen molar-refractivity contribution in [1.82, 2.24) is 0 Å². The van der Waals surface area contributed by atoms with Crippen LogP contribution in [-0.4, -0.2) is 467 Å². The fourth-order valence-corrected chi connectivity index (χ4v) is 7.05. The maximum atomic E-state index is 11.9. The van der Waals surface area contributed by atoms with Crippen LogP contribution in [0, 0.1) is 0 Å². The van der Waals surface area contributed by atoms with Crippen molar-refractivity contribution < 1.29 is 290 Å². The van der Waals surface area contributed by atoms with Gasteiger partial charge in [0.25, 0.3) is 0 Å². The van der Waals surface area contributed by atoms with E-state index in [1.807, 2.05) is 0 Å². The standard InChI is InChI=1S/C23H40O14.C22H38O14.C11H20O8.C10H18O8.C9H16O8.C8H14O8/c1-15(24)12-32-18(26)22(4,5)35-10-8-30-20(28)34-14-17(3)37-21(29)31-9-11-36-23(6,7)19(27)33-13-16(2)25;1-15(23)13-33-17(25)21(3,4)35-11-9-31-19(27)29-7-8-30-20(28)32-10-12-36-22(5,6)18(26)34-14-16(2)24;1-7(12)4-16-10(14)18-6-9(3)19-11(15)17-5-8(2)13;1-7(11)5-17-9(13)15-3-4-16-10(14)18-6-8(2)12;1-7(17-9(13)15-5-3-11)6-16-8(12)14-4-2-10;9-1-3-13-7(11)15-5-6-16-8(12)14-4-2-10/h15-17,24-25H,8-14H2,1-7H3;15-16,23-24H,7-14H2,1-6H3;7-9,12-13H,4-6H2,1-3H3;7-8,11-12H,3-6H2,1-2H3;7,10-11H,2-6H2,1H3;9-10H,1-6H2. The maximum Gasteiger partial charge on any atom is 0.508 e. The Bertz CT molecular complexity index is 3330. The molecular formula is C83H146O60. The molecule has 143 heavy (non-hydrogen) atoms. The minimum atomic E-state index is -1.31. The van der Waals surface area contributed by atoms with Gasteiger partial charge in [-0.15, -0.1) is 0 Å². The number of aliphatic hydroxyl groups excluding tert-OH is 12. The minimum Gasteiger partial charge on any atom is -0.461 e. The van der Waals surface area contributed by atoms with Crippen LogP contribution in [0.2, 0.25) is 0 Å². The molecule has 0 radical (unpaired) electrons. The lowest BCUT2D eigenvalue weighted by atomic mass is 10.1. The van der Waals surface area contributed by atoms with Gasteiger partial charge in [0.2, 0.25) is 0 Å². The van der Waals surface area contributed by atoms with E-state index in [2.05, 4.69) is 71.1 Å². The number of rotatable bonds is 62. The van der Waals surface area contributed by atoms with Crippen LogP contribution >= 0.6 is 0 Å². The Morgan fingerprint density at radius 3 is 0.462 bits per heavy atom. The average Bonchev–Trinajstić information content (AvgIpc) is 0.895. The van der Waals surface area contributed by atoms with Gasteiger partial charge in [0.15, 0.2) is 22.4 Å². The zero-order valence-electron chi connectivity index (χ0n) is 83.6. The van der Waals surface area contributed by atoms with E-state index in [9.17, 15) is 76.7 Å². The molecule has 0 rings (SSSR count). The van der Waals surface area contributed by atoms with Gasteiger partial charge in [-0.05, 0) is 132 Å². The van der Waals surface area contributed by atoms with E-state index in [0.717, 1.165) is 0 Å². The molecule has 60 heteroatoms. The summed E-state index contributed by atoms with van der Waals surface area (Å²) in [4.78, 5) is 181. The summed E-state index contributed by atoms with van der Waals surface area (Å²) in [6.45, 7) is 21.3. The summed E-state index contributed by atoms with van der Waals surface area (Å²) >= 11 is 0. The fraction of sp³-hybridized carbons (Fsp3) is 0.807. The molecule has 60 nitrogen and oxygen atoms in total. The maximum absolute atomic E-state index is 11.9. The van der Waals surface area contributed by atoms with E-state index >= 15 is 0 Å². The van der Waals surface area contributed by atoms with Gasteiger partial charge in [0.05, 0.1) is 102 Å². The van der Waals surface area contributed by atoms with Crippen LogP contribution in [0.1, 0.15) is 132 Å². The molecule has 11 atom stereocenters. The Balaban J connectivity index is -0.000000409. The zero-order chi connectivity index (χ0) is 111. The molecule has 0 fully saturated rings. The summed E-state index contributed by atoms with van der Waals surface area (Å²) < 4.78 is 151. The number of carbonyl (C=O) groups excluding carboxylic acids is 16. The smallest absolute Gasteiger partial charge is 0.461 e. The van der Waals surface area contributed by atoms with Crippen LogP contribution in [0.25, 0.3) is 0 Å². The third-order valence-corrected chi connectivity index (χ3v) is 13.6. The Hall–Kier alpha value is -11.5. The van der Waals surface area contributed by atoms with Crippen LogP contribution < -0.4 is 0 Å². The van der Waals surface area contributed by atoms with Gasteiger partial charge in [0, 0.05) is 0 Å². The van der Waals surface area contributed by atoms with Crippen LogP contribution in [0.4, 0.5) is 57.5 Å². The van der Waals surface area contributed by atoms with Crippen molar-refractivity contribution in [2.45, 2.75) is 221 Å². The van der Waals surface area contributed by atoms with Gasteiger partial charge >= 0.3 is 97.7 Å². The molecule has 0 aromatic carbocycles. The molecule has 0 aromatic rings. The highest BCUT2D eigenvalue weighted by Crippen LogP contribution is 2.17. The summed E-state index contributed by atoms with van der Waals surface area (Å²) in [6.07, 6.45) is -20.5. The van der Waals surface area contributed by atoms with Crippen molar-refractivity contribution >= 4 is 97.7 Å². The van der Waals surface area contributed by atoms with Crippen molar-refractivity contribution in [2.75, 3.05) is 218 Å². The summed E-state index contributed by atoms with van der Waals surface area (Å²) in [6, 6.07) is 0. The summed E-state index contributed by atoms with van der Waals surface area (Å²) in [5.74, 6) is -2.72. The van der Waals surface area contributed by atoms with Crippen molar-refractivity contribution in [3.05, 3.63) is 0 Å². The van der Waals surface area contributed by atoms with Gasteiger partial charge in [-0.3, -0.25) is 0 Å². The highest BCUT2D eigenvalue weighted by atomic mass is 16.8. The predicted octanol–water partition coefficient (Wildman–Crippen LogP) is 1.29. The first-order valence-electron chi connectivity index (χ1n) is 43.5. The van der Waals surface area contributed by atoms with E-state index in [1.54, 1.807) is 0 Å². The normalized spacial score (nSPS) is 13.1. The van der Waals surface area contributed by atoms with Gasteiger partial charge in [0.1, 0.15) is 183 Å². The Morgan fingerprint density at radius 1 is 0.168 bits per heavy atom. The van der Waals surface area contributed by atoms with Crippen LogP contribution in [0.15, 0.2) is 0 Å². The molecular weight excluding hydrogens is 1960 g/mol. The van der Waals surface area contributed by atoms with Gasteiger partial charge in [-0.1, -0.05) is 0 Å². The molecule has 0 saturated heterocycles. The average molecular weight is 2100 g/mol. The third-order valence-electron chi connectivity index (χ3n) is 13.6. The number of hydrogen-bond acceptors (Lipinski definition) is 60. The van der Waals surface area contributed by atoms with Gasteiger partial charge < -0.3 is 213 Å². The predicted molar refractivity (Wildman–Crippen MR) is 467 cm³/mol. The van der Waals surface area contributed by atoms with E-state index in [1.165, 1.54) is 132 Å². The Morgan fingerprint density at radius 2 is 0.287 bits per heavy atom. The number of aliphatic hydroxyl groups is 12. The molecule has 0 amide bonds. The molecule has 0 heterocycles. The number of carbonyl (C=O) groups is 16. The number of ether oxygens (including phenoxy) is 32. The highest BCUT2D eigenvalue weighted by Gasteiger charge is 2.35. The van der Waals surface area contributed by atoms with Gasteiger partial charge in [-0.25, -0.2) is 76.7 Å². The molecule has 838 valence electrons. The molecule has 0 aromatic heterocycles. The van der Waals surface area contributed by atoms with Gasteiger partial charge in [-0.2, -0.15) is 0 Å². The Labute approximate surface area is 823 Å². The van der Waals surface area contributed by atoms with Crippen molar-refractivity contribution in [2.24, 2.45) is 0 Å². The molecule has 0 aliphatic carbocycles. The molecule has 0 aliphatic heterocycles. The zero-order valence-corrected chi connectivity index (χ0v) is 83.6. The second-order valence-electron chi connectivity index (χ2n) is 30.4. The first-order chi connectivity index (χ1) is 66.8. The van der Waals surface area contributed by atoms with Crippen LogP contribution in [-0.2, 0) is 171 Å². The van der Waals surface area contributed by atoms with E-state index < -0.39 is 187 Å². The summed E-state index contributed by atoms with van der Waals surface area (Å²) in [5, 5.41) is 105. The molecule has 0 bridgehead atoms. The van der Waals surface area contributed by atoms with Crippen LogP contribution in [0.3, 0.4) is 0 Å². The summed E-state index contributed by atoms with van der Waals surface area (Å²) in [7, 11) is 0. The first-order valence-corrected chi connectivity index (χ1v) is 43.5. The first kappa shape index (κ1) is 142. The van der Waals surface area contributed by atoms with Crippen molar-refractivity contribution in [1.29, 1.82) is 0 Å². The third kappa shape index (κ3) is 97.7. The molecule has 0 aliphatic rings. The lowest BCUT2D eigenvalue weighted by molar-refractivity contribution is -0.172. The second-order valence-corrected chi connectivity index (χ2v) is 30.4. The molecule has 12 N–H and O–H groups in total.